The highest BCUT2D eigenvalue weighted by atomic mass is 35.5. The number of aromatic nitrogens is 2. The van der Waals surface area contributed by atoms with Crippen LogP contribution >= 0.6 is 11.6 Å². The molecular weight excluding hydrogens is 264 g/mol. The number of carbonyl (C=O) groups is 1. The summed E-state index contributed by atoms with van der Waals surface area (Å²) in [5.41, 5.74) is 1.35. The second kappa shape index (κ2) is 4.96. The molecule has 19 heavy (non-hydrogen) atoms. The Morgan fingerprint density at radius 3 is 2.68 bits per heavy atom. The number of hydrogen-bond donors (Lipinski definition) is 2. The molecule has 2 N–H and O–H groups in total. The van der Waals surface area contributed by atoms with Gasteiger partial charge in [-0.1, -0.05) is 19.3 Å². The fraction of sp³-hybridized carbons (Fsp3) is 0.615. The second-order valence-electron chi connectivity index (χ2n) is 5.31. The van der Waals surface area contributed by atoms with Crippen LogP contribution in [0, 0.1) is 12.8 Å². The van der Waals surface area contributed by atoms with Gasteiger partial charge in [-0.05, 0) is 37.3 Å². The van der Waals surface area contributed by atoms with Crippen LogP contribution in [0.3, 0.4) is 0 Å². The minimum absolute atomic E-state index is 0.0217. The molecule has 1 saturated carbocycles. The minimum atomic E-state index is -0.196. The van der Waals surface area contributed by atoms with Crippen molar-refractivity contribution in [2.45, 2.75) is 45.1 Å². The van der Waals surface area contributed by atoms with Crippen molar-refractivity contribution in [1.29, 1.82) is 0 Å². The van der Waals surface area contributed by atoms with E-state index in [4.69, 9.17) is 11.6 Å². The molecule has 2 heterocycles. The molecule has 0 aromatic carbocycles. The van der Waals surface area contributed by atoms with E-state index in [9.17, 15) is 4.79 Å². The third kappa shape index (κ3) is 2.39. The highest BCUT2D eigenvalue weighted by Gasteiger charge is 2.34. The summed E-state index contributed by atoms with van der Waals surface area (Å²) >= 11 is 5.88. The van der Waals surface area contributed by atoms with Crippen LogP contribution in [-0.2, 0) is 4.79 Å². The van der Waals surface area contributed by atoms with Gasteiger partial charge in [0.15, 0.2) is 5.82 Å². The van der Waals surface area contributed by atoms with E-state index in [1.54, 1.807) is 0 Å². The summed E-state index contributed by atoms with van der Waals surface area (Å²) in [4.78, 5) is 20.5. The van der Waals surface area contributed by atoms with Crippen LogP contribution < -0.4 is 10.6 Å². The number of hydrogen-bond acceptors (Lipinski definition) is 4. The summed E-state index contributed by atoms with van der Waals surface area (Å²) in [6, 6.07) is -0.196. The first-order chi connectivity index (χ1) is 9.15. The van der Waals surface area contributed by atoms with Crippen molar-refractivity contribution < 1.29 is 4.79 Å². The molecule has 1 unspecified atom stereocenters. The smallest absolute Gasteiger partial charge is 0.247 e. The summed E-state index contributed by atoms with van der Waals surface area (Å²) in [5.74, 6) is 1.05. The molecule has 2 aliphatic rings. The largest absolute Gasteiger partial charge is 0.356 e. The molecule has 1 amide bonds. The predicted molar refractivity (Wildman–Crippen MR) is 74.4 cm³/mol. The molecule has 102 valence electrons. The molecule has 1 aromatic rings. The van der Waals surface area contributed by atoms with Crippen molar-refractivity contribution in [3.8, 4) is 0 Å². The zero-order chi connectivity index (χ0) is 13.4. The Labute approximate surface area is 117 Å². The lowest BCUT2D eigenvalue weighted by molar-refractivity contribution is -0.118. The summed E-state index contributed by atoms with van der Waals surface area (Å²) < 4.78 is 0. The molecule has 0 spiro atoms. The van der Waals surface area contributed by atoms with Gasteiger partial charge in [-0.2, -0.15) is 4.98 Å². The second-order valence-corrected chi connectivity index (χ2v) is 5.65. The van der Waals surface area contributed by atoms with E-state index >= 15 is 0 Å². The number of fused-ring (bicyclic) bond motifs is 1. The van der Waals surface area contributed by atoms with Gasteiger partial charge in [0.25, 0.3) is 0 Å². The van der Waals surface area contributed by atoms with E-state index in [2.05, 4.69) is 20.6 Å². The van der Waals surface area contributed by atoms with Gasteiger partial charge >= 0.3 is 0 Å². The standard InChI is InChI=1S/C13H17ClN4O/c1-7-9-11(18-13(14)15-7)16-10(12(19)17-9)8-5-3-2-4-6-8/h8,10H,2-6H2,1H3,(H,17,19)(H,15,16,18). The van der Waals surface area contributed by atoms with Crippen LogP contribution in [0.1, 0.15) is 37.8 Å². The van der Waals surface area contributed by atoms with Crippen molar-refractivity contribution in [3.63, 3.8) is 0 Å². The maximum atomic E-state index is 12.2. The van der Waals surface area contributed by atoms with Gasteiger partial charge in [0, 0.05) is 0 Å². The van der Waals surface area contributed by atoms with Crippen LogP contribution in [0.25, 0.3) is 0 Å². The summed E-state index contributed by atoms with van der Waals surface area (Å²) in [6.07, 6.45) is 5.87. The lowest BCUT2D eigenvalue weighted by Crippen LogP contribution is -2.45. The fourth-order valence-electron chi connectivity index (χ4n) is 3.01. The van der Waals surface area contributed by atoms with Crippen molar-refractivity contribution >= 4 is 29.0 Å². The highest BCUT2D eigenvalue weighted by Crippen LogP contribution is 2.34. The third-order valence-electron chi connectivity index (χ3n) is 4.01. The SMILES string of the molecule is Cc1nc(Cl)nc2c1NC(=O)C(C1CCCCC1)N2. The first-order valence-corrected chi connectivity index (χ1v) is 7.14. The van der Waals surface area contributed by atoms with Gasteiger partial charge in [-0.15, -0.1) is 0 Å². The quantitative estimate of drug-likeness (QED) is 0.776. The van der Waals surface area contributed by atoms with Crippen molar-refractivity contribution in [1.82, 2.24) is 9.97 Å². The third-order valence-corrected chi connectivity index (χ3v) is 4.18. The van der Waals surface area contributed by atoms with E-state index < -0.39 is 0 Å². The molecule has 1 aromatic heterocycles. The molecule has 0 saturated heterocycles. The van der Waals surface area contributed by atoms with Gasteiger partial charge in [-0.25, -0.2) is 4.98 Å². The maximum absolute atomic E-state index is 12.2. The lowest BCUT2D eigenvalue weighted by Gasteiger charge is -2.34. The molecule has 1 aliphatic carbocycles. The molecule has 0 radical (unpaired) electrons. The van der Waals surface area contributed by atoms with E-state index in [-0.39, 0.29) is 17.2 Å². The van der Waals surface area contributed by atoms with Crippen molar-refractivity contribution in [2.75, 3.05) is 10.6 Å². The van der Waals surface area contributed by atoms with Crippen molar-refractivity contribution in [3.05, 3.63) is 11.0 Å². The first-order valence-electron chi connectivity index (χ1n) is 6.76. The molecule has 1 atom stereocenters. The van der Waals surface area contributed by atoms with E-state index in [0.717, 1.165) is 12.8 Å². The number of halogens is 1. The molecule has 5 nitrogen and oxygen atoms in total. The number of carbonyl (C=O) groups excluding carboxylic acids is 1. The zero-order valence-corrected chi connectivity index (χ0v) is 11.6. The van der Waals surface area contributed by atoms with E-state index in [1.807, 2.05) is 6.92 Å². The monoisotopic (exact) mass is 280 g/mol. The Bertz CT molecular complexity index is 514. The topological polar surface area (TPSA) is 66.9 Å². The van der Waals surface area contributed by atoms with Gasteiger partial charge in [0.2, 0.25) is 11.2 Å². The van der Waals surface area contributed by atoms with Crippen molar-refractivity contribution in [2.24, 2.45) is 5.92 Å². The van der Waals surface area contributed by atoms with Gasteiger partial charge in [0.1, 0.15) is 11.7 Å². The van der Waals surface area contributed by atoms with Crippen LogP contribution in [0.4, 0.5) is 11.5 Å². The molecule has 3 rings (SSSR count). The number of aryl methyl sites for hydroxylation is 1. The predicted octanol–water partition coefficient (Wildman–Crippen LogP) is 2.75. The zero-order valence-electron chi connectivity index (χ0n) is 10.9. The van der Waals surface area contributed by atoms with Crippen LogP contribution in [0.15, 0.2) is 0 Å². The number of nitrogens with zero attached hydrogens (tertiary/aromatic N) is 2. The summed E-state index contributed by atoms with van der Waals surface area (Å²) in [5, 5.41) is 6.38. The van der Waals surface area contributed by atoms with E-state index in [1.165, 1.54) is 19.3 Å². The van der Waals surface area contributed by atoms with Gasteiger partial charge in [-0.3, -0.25) is 4.79 Å². The molecule has 1 aliphatic heterocycles. The Balaban J connectivity index is 1.88. The first kappa shape index (κ1) is 12.7. The van der Waals surface area contributed by atoms with E-state index in [0.29, 0.717) is 23.1 Å². The minimum Gasteiger partial charge on any atom is -0.356 e. The normalized spacial score (nSPS) is 23.5. The summed E-state index contributed by atoms with van der Waals surface area (Å²) in [7, 11) is 0. The van der Waals surface area contributed by atoms with Gasteiger partial charge < -0.3 is 10.6 Å². The van der Waals surface area contributed by atoms with Crippen LogP contribution in [0.5, 0.6) is 0 Å². The number of nitrogens with one attached hydrogen (secondary N) is 2. The lowest BCUT2D eigenvalue weighted by atomic mass is 9.83. The maximum Gasteiger partial charge on any atom is 0.247 e. The van der Waals surface area contributed by atoms with Gasteiger partial charge in [0.05, 0.1) is 5.69 Å². The Hall–Kier alpha value is -1.36. The Kier molecular flexibility index (Phi) is 3.31. The molecule has 0 bridgehead atoms. The average molecular weight is 281 g/mol. The van der Waals surface area contributed by atoms with Crippen LogP contribution in [0.2, 0.25) is 5.28 Å². The highest BCUT2D eigenvalue weighted by molar-refractivity contribution is 6.28. The number of amides is 1. The summed E-state index contributed by atoms with van der Waals surface area (Å²) in [6.45, 7) is 1.81. The fourth-order valence-corrected chi connectivity index (χ4v) is 3.22. The number of rotatable bonds is 1. The Morgan fingerprint density at radius 2 is 1.95 bits per heavy atom. The Morgan fingerprint density at radius 1 is 1.21 bits per heavy atom. The molecule has 6 heteroatoms. The van der Waals surface area contributed by atoms with Crippen LogP contribution in [-0.4, -0.2) is 21.9 Å². The molecular formula is C13H17ClN4O. The average Bonchev–Trinajstić information content (AvgIpc) is 2.40. The molecule has 1 fully saturated rings. The number of anilines is 2.